The molecule has 1 heterocycles. The average Bonchev–Trinajstić information content (AvgIpc) is 2.35. The van der Waals surface area contributed by atoms with Gasteiger partial charge in [0.2, 0.25) is 0 Å². The number of methoxy groups -OCH3 is 1. The van der Waals surface area contributed by atoms with Crippen molar-refractivity contribution in [1.82, 2.24) is 5.32 Å². The Hall–Kier alpha value is -1.30. The van der Waals surface area contributed by atoms with Gasteiger partial charge in [0.25, 0.3) is 0 Å². The zero-order valence-corrected chi connectivity index (χ0v) is 10.5. The molecule has 1 saturated heterocycles. The molecule has 0 bridgehead atoms. The predicted molar refractivity (Wildman–Crippen MR) is 67.1 cm³/mol. The molecule has 0 aliphatic carbocycles. The predicted octanol–water partition coefficient (Wildman–Crippen LogP) is 0.423. The molecule has 1 unspecified atom stereocenters. The number of hydrogen-bond acceptors (Lipinski definition) is 5. The third-order valence-electron chi connectivity index (χ3n) is 2.76. The fourth-order valence-corrected chi connectivity index (χ4v) is 1.60. The standard InChI is InChI=1S/C13H19NO4/c1-16-12-3-2-4-13(5-12)18-9-11(15)6-14-10-7-17-8-10/h2-5,10-11,14-15H,6-9H2,1H3. The number of benzene rings is 1. The largest absolute Gasteiger partial charge is 0.497 e. The van der Waals surface area contributed by atoms with Crippen molar-refractivity contribution in [3.63, 3.8) is 0 Å². The lowest BCUT2D eigenvalue weighted by Gasteiger charge is -2.28. The minimum absolute atomic E-state index is 0.258. The molecule has 0 spiro atoms. The van der Waals surface area contributed by atoms with Crippen LogP contribution in [0.5, 0.6) is 11.5 Å². The second-order valence-corrected chi connectivity index (χ2v) is 4.29. The molecule has 1 aliphatic heterocycles. The maximum Gasteiger partial charge on any atom is 0.123 e. The fraction of sp³-hybridized carbons (Fsp3) is 0.538. The molecule has 2 rings (SSSR count). The summed E-state index contributed by atoms with van der Waals surface area (Å²) in [6.07, 6.45) is -0.531. The van der Waals surface area contributed by atoms with Crippen molar-refractivity contribution in [3.05, 3.63) is 24.3 Å². The van der Waals surface area contributed by atoms with Crippen LogP contribution in [0.1, 0.15) is 0 Å². The lowest BCUT2D eigenvalue weighted by Crippen LogP contribution is -2.49. The normalized spacial score (nSPS) is 17.0. The van der Waals surface area contributed by atoms with Crippen molar-refractivity contribution in [2.24, 2.45) is 0 Å². The van der Waals surface area contributed by atoms with E-state index >= 15 is 0 Å². The molecule has 1 aromatic rings. The van der Waals surface area contributed by atoms with Crippen molar-refractivity contribution < 1.29 is 19.3 Å². The summed E-state index contributed by atoms with van der Waals surface area (Å²) >= 11 is 0. The molecule has 1 atom stereocenters. The highest BCUT2D eigenvalue weighted by atomic mass is 16.5. The summed E-state index contributed by atoms with van der Waals surface area (Å²) in [5.41, 5.74) is 0. The molecular weight excluding hydrogens is 234 g/mol. The van der Waals surface area contributed by atoms with E-state index in [-0.39, 0.29) is 6.61 Å². The Balaban J connectivity index is 1.68. The van der Waals surface area contributed by atoms with Gasteiger partial charge in [-0.05, 0) is 12.1 Å². The van der Waals surface area contributed by atoms with Gasteiger partial charge in [-0.15, -0.1) is 0 Å². The molecular formula is C13H19NO4. The van der Waals surface area contributed by atoms with Crippen LogP contribution in [-0.2, 0) is 4.74 Å². The van der Waals surface area contributed by atoms with Crippen LogP contribution in [0.4, 0.5) is 0 Å². The van der Waals surface area contributed by atoms with Crippen LogP contribution in [0.2, 0.25) is 0 Å². The first kappa shape index (κ1) is 13.1. The van der Waals surface area contributed by atoms with E-state index in [1.165, 1.54) is 0 Å². The monoisotopic (exact) mass is 253 g/mol. The van der Waals surface area contributed by atoms with Crippen LogP contribution in [0.15, 0.2) is 24.3 Å². The summed E-state index contributed by atoms with van der Waals surface area (Å²) in [6.45, 7) is 2.22. The highest BCUT2D eigenvalue weighted by Gasteiger charge is 2.18. The van der Waals surface area contributed by atoms with Gasteiger partial charge in [0, 0.05) is 12.6 Å². The third kappa shape index (κ3) is 3.87. The van der Waals surface area contributed by atoms with E-state index in [4.69, 9.17) is 14.2 Å². The van der Waals surface area contributed by atoms with E-state index in [0.29, 0.717) is 18.3 Å². The second kappa shape index (κ2) is 6.58. The van der Waals surface area contributed by atoms with E-state index in [9.17, 15) is 5.11 Å². The fourth-order valence-electron chi connectivity index (χ4n) is 1.60. The Labute approximate surface area is 107 Å². The molecule has 0 aromatic heterocycles. The quantitative estimate of drug-likeness (QED) is 0.737. The zero-order chi connectivity index (χ0) is 12.8. The molecule has 5 heteroatoms. The minimum atomic E-state index is -0.531. The summed E-state index contributed by atoms with van der Waals surface area (Å²) in [6, 6.07) is 7.70. The van der Waals surface area contributed by atoms with Crippen LogP contribution in [0, 0.1) is 0 Å². The first-order valence-electron chi connectivity index (χ1n) is 6.04. The maximum atomic E-state index is 9.75. The van der Waals surface area contributed by atoms with Gasteiger partial charge >= 0.3 is 0 Å². The van der Waals surface area contributed by atoms with E-state index < -0.39 is 6.10 Å². The van der Waals surface area contributed by atoms with E-state index in [2.05, 4.69) is 5.32 Å². The van der Waals surface area contributed by atoms with Gasteiger partial charge in [-0.25, -0.2) is 0 Å². The van der Waals surface area contributed by atoms with Crippen LogP contribution < -0.4 is 14.8 Å². The van der Waals surface area contributed by atoms with E-state index in [1.54, 1.807) is 13.2 Å². The van der Waals surface area contributed by atoms with Gasteiger partial charge in [-0.3, -0.25) is 0 Å². The highest BCUT2D eigenvalue weighted by molar-refractivity contribution is 5.32. The topological polar surface area (TPSA) is 60.0 Å². The van der Waals surface area contributed by atoms with Crippen molar-refractivity contribution in [1.29, 1.82) is 0 Å². The molecule has 0 amide bonds. The van der Waals surface area contributed by atoms with Crippen LogP contribution in [-0.4, -0.2) is 50.7 Å². The Morgan fingerprint density at radius 3 is 2.89 bits per heavy atom. The minimum Gasteiger partial charge on any atom is -0.497 e. The summed E-state index contributed by atoms with van der Waals surface area (Å²) in [5, 5.41) is 12.9. The molecule has 1 aromatic carbocycles. The first-order chi connectivity index (χ1) is 8.78. The lowest BCUT2D eigenvalue weighted by molar-refractivity contribution is -0.0118. The SMILES string of the molecule is COc1cccc(OCC(O)CNC2COC2)c1. The molecule has 1 aliphatic rings. The van der Waals surface area contributed by atoms with Crippen molar-refractivity contribution >= 4 is 0 Å². The number of nitrogens with one attached hydrogen (secondary N) is 1. The number of hydrogen-bond donors (Lipinski definition) is 2. The van der Waals surface area contributed by atoms with Crippen LogP contribution in [0.3, 0.4) is 0 Å². The Morgan fingerprint density at radius 1 is 1.44 bits per heavy atom. The highest BCUT2D eigenvalue weighted by Crippen LogP contribution is 2.18. The molecule has 18 heavy (non-hydrogen) atoms. The van der Waals surface area contributed by atoms with Gasteiger partial charge in [-0.1, -0.05) is 6.07 Å². The smallest absolute Gasteiger partial charge is 0.123 e. The van der Waals surface area contributed by atoms with Crippen LogP contribution in [0.25, 0.3) is 0 Å². The number of rotatable bonds is 7. The summed E-state index contributed by atoms with van der Waals surface area (Å²) in [5.74, 6) is 1.44. The first-order valence-corrected chi connectivity index (χ1v) is 6.04. The second-order valence-electron chi connectivity index (χ2n) is 4.29. The van der Waals surface area contributed by atoms with E-state index in [1.807, 2.05) is 18.2 Å². The summed E-state index contributed by atoms with van der Waals surface area (Å²) in [7, 11) is 1.61. The summed E-state index contributed by atoms with van der Waals surface area (Å²) < 4.78 is 15.6. The molecule has 0 radical (unpaired) electrons. The van der Waals surface area contributed by atoms with Crippen molar-refractivity contribution in [2.75, 3.05) is 33.5 Å². The molecule has 100 valence electrons. The number of aliphatic hydroxyl groups excluding tert-OH is 1. The van der Waals surface area contributed by atoms with Gasteiger partial charge < -0.3 is 24.6 Å². The average molecular weight is 253 g/mol. The number of ether oxygens (including phenoxy) is 3. The van der Waals surface area contributed by atoms with Gasteiger partial charge in [0.1, 0.15) is 24.2 Å². The van der Waals surface area contributed by atoms with Crippen molar-refractivity contribution in [2.45, 2.75) is 12.1 Å². The zero-order valence-electron chi connectivity index (χ0n) is 10.5. The summed E-state index contributed by atoms with van der Waals surface area (Å²) in [4.78, 5) is 0. The van der Waals surface area contributed by atoms with Gasteiger partial charge in [0.05, 0.1) is 26.4 Å². The maximum absolute atomic E-state index is 9.75. The number of aliphatic hydroxyl groups is 1. The van der Waals surface area contributed by atoms with Gasteiger partial charge in [0.15, 0.2) is 0 Å². The lowest BCUT2D eigenvalue weighted by atomic mass is 10.2. The Morgan fingerprint density at radius 2 is 2.22 bits per heavy atom. The molecule has 5 nitrogen and oxygen atoms in total. The van der Waals surface area contributed by atoms with Gasteiger partial charge in [-0.2, -0.15) is 0 Å². The Bertz CT molecular complexity index is 368. The van der Waals surface area contributed by atoms with Crippen LogP contribution >= 0.6 is 0 Å². The molecule has 2 N–H and O–H groups in total. The van der Waals surface area contributed by atoms with E-state index in [0.717, 1.165) is 19.0 Å². The Kier molecular flexibility index (Phi) is 4.81. The molecule has 1 fully saturated rings. The molecule has 0 saturated carbocycles. The van der Waals surface area contributed by atoms with Crippen molar-refractivity contribution in [3.8, 4) is 11.5 Å². The third-order valence-corrected chi connectivity index (χ3v) is 2.76.